The highest BCUT2D eigenvalue weighted by molar-refractivity contribution is 5.23. The van der Waals surface area contributed by atoms with Crippen LogP contribution in [-0.4, -0.2) is 24.5 Å². The molecule has 1 N–H and O–H groups in total. The maximum Gasteiger partial charge on any atom is 0.0233 e. The van der Waals surface area contributed by atoms with Gasteiger partial charge in [0.25, 0.3) is 0 Å². The van der Waals surface area contributed by atoms with Crippen molar-refractivity contribution >= 4 is 0 Å². The molecule has 1 aliphatic rings. The summed E-state index contributed by atoms with van der Waals surface area (Å²) < 4.78 is 0. The second kappa shape index (κ2) is 7.80. The molecular formula is C18H30N2. The predicted molar refractivity (Wildman–Crippen MR) is 86.7 cm³/mol. The molecule has 1 aromatic rings. The normalized spacial score (nSPS) is 19.9. The first-order valence-corrected chi connectivity index (χ1v) is 8.18. The summed E-state index contributed by atoms with van der Waals surface area (Å²) in [6, 6.07) is 9.07. The minimum absolute atomic E-state index is 0.716. The molecule has 1 atom stereocenters. The summed E-state index contributed by atoms with van der Waals surface area (Å²) in [7, 11) is 0. The third-order valence-corrected chi connectivity index (χ3v) is 4.23. The third kappa shape index (κ3) is 4.92. The van der Waals surface area contributed by atoms with Crippen LogP contribution in [0, 0.1) is 11.8 Å². The largest absolute Gasteiger partial charge is 0.312 e. The van der Waals surface area contributed by atoms with Gasteiger partial charge in [0.15, 0.2) is 0 Å². The van der Waals surface area contributed by atoms with Gasteiger partial charge in [-0.15, -0.1) is 0 Å². The van der Waals surface area contributed by atoms with Crippen LogP contribution in [0.4, 0.5) is 0 Å². The molecule has 1 aliphatic heterocycles. The monoisotopic (exact) mass is 274 g/mol. The highest BCUT2D eigenvalue weighted by atomic mass is 15.1. The smallest absolute Gasteiger partial charge is 0.0233 e. The molecule has 1 aromatic carbocycles. The lowest BCUT2D eigenvalue weighted by Gasteiger charge is -2.16. The molecule has 0 spiro atoms. The number of nitrogens with zero attached hydrogens (tertiary/aromatic N) is 1. The molecule has 1 saturated heterocycles. The third-order valence-electron chi connectivity index (χ3n) is 4.23. The zero-order chi connectivity index (χ0) is 14.4. The van der Waals surface area contributed by atoms with Crippen LogP contribution in [-0.2, 0) is 13.1 Å². The van der Waals surface area contributed by atoms with Gasteiger partial charge in [-0.05, 0) is 42.5 Å². The van der Waals surface area contributed by atoms with E-state index in [2.05, 4.69) is 55.3 Å². The van der Waals surface area contributed by atoms with Gasteiger partial charge in [0, 0.05) is 19.6 Å². The van der Waals surface area contributed by atoms with Gasteiger partial charge in [0.1, 0.15) is 0 Å². The molecule has 0 saturated carbocycles. The molecule has 0 aromatic heterocycles. The van der Waals surface area contributed by atoms with Crippen molar-refractivity contribution < 1.29 is 0 Å². The van der Waals surface area contributed by atoms with Crippen molar-refractivity contribution in [2.24, 2.45) is 11.8 Å². The number of benzene rings is 1. The lowest BCUT2D eigenvalue weighted by molar-refractivity contribution is 0.315. The minimum atomic E-state index is 0.716. The van der Waals surface area contributed by atoms with E-state index in [1.807, 2.05) is 0 Å². The maximum atomic E-state index is 3.52. The standard InChI is InChI=1S/C18H30N2/c1-4-16-8-9-20(13-16)14-18-7-5-6-17(10-18)12-19-11-15(2)3/h5-7,10,15-16,19H,4,8-9,11-14H2,1-3H3. The Morgan fingerprint density at radius 3 is 2.80 bits per heavy atom. The Balaban J connectivity index is 1.83. The van der Waals surface area contributed by atoms with Gasteiger partial charge in [0.2, 0.25) is 0 Å². The Bertz CT molecular complexity index is 400. The number of hydrogen-bond acceptors (Lipinski definition) is 2. The first-order valence-electron chi connectivity index (χ1n) is 8.18. The molecule has 112 valence electrons. The molecule has 0 aliphatic carbocycles. The van der Waals surface area contributed by atoms with E-state index in [0.717, 1.165) is 25.6 Å². The van der Waals surface area contributed by atoms with Gasteiger partial charge in [-0.1, -0.05) is 51.5 Å². The molecule has 2 heteroatoms. The summed E-state index contributed by atoms with van der Waals surface area (Å²) in [4.78, 5) is 2.61. The summed E-state index contributed by atoms with van der Waals surface area (Å²) in [5.74, 6) is 1.64. The fraction of sp³-hybridized carbons (Fsp3) is 0.667. The Labute approximate surface area is 124 Å². The van der Waals surface area contributed by atoms with Crippen LogP contribution in [0.3, 0.4) is 0 Å². The number of likely N-dealkylation sites (tertiary alicyclic amines) is 1. The van der Waals surface area contributed by atoms with E-state index in [-0.39, 0.29) is 0 Å². The Morgan fingerprint density at radius 1 is 1.30 bits per heavy atom. The van der Waals surface area contributed by atoms with Crippen LogP contribution < -0.4 is 5.32 Å². The minimum Gasteiger partial charge on any atom is -0.312 e. The quantitative estimate of drug-likeness (QED) is 0.816. The highest BCUT2D eigenvalue weighted by Crippen LogP contribution is 2.21. The zero-order valence-corrected chi connectivity index (χ0v) is 13.4. The van der Waals surface area contributed by atoms with Gasteiger partial charge in [0.05, 0.1) is 0 Å². The second-order valence-electron chi connectivity index (χ2n) is 6.64. The lowest BCUT2D eigenvalue weighted by atomic mass is 10.1. The van der Waals surface area contributed by atoms with E-state index < -0.39 is 0 Å². The fourth-order valence-electron chi connectivity index (χ4n) is 2.99. The summed E-state index contributed by atoms with van der Waals surface area (Å²) in [6.45, 7) is 12.6. The van der Waals surface area contributed by atoms with Crippen molar-refractivity contribution in [1.29, 1.82) is 0 Å². The molecule has 0 amide bonds. The molecule has 0 radical (unpaired) electrons. The van der Waals surface area contributed by atoms with Crippen LogP contribution in [0.5, 0.6) is 0 Å². The Hall–Kier alpha value is -0.860. The molecule has 2 rings (SSSR count). The van der Waals surface area contributed by atoms with Crippen molar-refractivity contribution in [3.8, 4) is 0 Å². The summed E-state index contributed by atoms with van der Waals surface area (Å²) in [6.07, 6.45) is 2.71. The lowest BCUT2D eigenvalue weighted by Crippen LogP contribution is -2.21. The predicted octanol–water partition coefficient (Wildman–Crippen LogP) is 3.66. The molecule has 1 fully saturated rings. The number of rotatable bonds is 7. The first kappa shape index (κ1) is 15.5. The van der Waals surface area contributed by atoms with E-state index in [9.17, 15) is 0 Å². The van der Waals surface area contributed by atoms with E-state index in [1.165, 1.54) is 37.1 Å². The zero-order valence-electron chi connectivity index (χ0n) is 13.4. The van der Waals surface area contributed by atoms with Gasteiger partial charge in [-0.25, -0.2) is 0 Å². The van der Waals surface area contributed by atoms with Crippen molar-refractivity contribution in [2.45, 2.75) is 46.7 Å². The highest BCUT2D eigenvalue weighted by Gasteiger charge is 2.20. The SMILES string of the molecule is CCC1CCN(Cc2cccc(CNCC(C)C)c2)C1. The molecule has 1 unspecified atom stereocenters. The van der Waals surface area contributed by atoms with Crippen LogP contribution >= 0.6 is 0 Å². The van der Waals surface area contributed by atoms with Crippen LogP contribution in [0.2, 0.25) is 0 Å². The van der Waals surface area contributed by atoms with Crippen molar-refractivity contribution in [1.82, 2.24) is 10.2 Å². The molecule has 0 bridgehead atoms. The number of nitrogens with one attached hydrogen (secondary N) is 1. The topological polar surface area (TPSA) is 15.3 Å². The second-order valence-corrected chi connectivity index (χ2v) is 6.64. The molecular weight excluding hydrogens is 244 g/mol. The average Bonchev–Trinajstić information content (AvgIpc) is 2.86. The summed E-state index contributed by atoms with van der Waals surface area (Å²) in [5, 5.41) is 3.52. The van der Waals surface area contributed by atoms with Gasteiger partial charge >= 0.3 is 0 Å². The fourth-order valence-corrected chi connectivity index (χ4v) is 2.99. The molecule has 2 nitrogen and oxygen atoms in total. The van der Waals surface area contributed by atoms with E-state index in [4.69, 9.17) is 0 Å². The van der Waals surface area contributed by atoms with E-state index in [1.54, 1.807) is 0 Å². The van der Waals surface area contributed by atoms with Crippen molar-refractivity contribution in [3.05, 3.63) is 35.4 Å². The van der Waals surface area contributed by atoms with E-state index >= 15 is 0 Å². The van der Waals surface area contributed by atoms with Gasteiger partial charge < -0.3 is 5.32 Å². The Kier molecular flexibility index (Phi) is 6.06. The van der Waals surface area contributed by atoms with Crippen LogP contribution in [0.25, 0.3) is 0 Å². The summed E-state index contributed by atoms with van der Waals surface area (Å²) in [5.41, 5.74) is 2.87. The van der Waals surface area contributed by atoms with Gasteiger partial charge in [-0.2, -0.15) is 0 Å². The average molecular weight is 274 g/mol. The van der Waals surface area contributed by atoms with E-state index in [0.29, 0.717) is 5.92 Å². The maximum absolute atomic E-state index is 3.52. The first-order chi connectivity index (χ1) is 9.67. The van der Waals surface area contributed by atoms with Crippen LogP contribution in [0.1, 0.15) is 44.7 Å². The Morgan fingerprint density at radius 2 is 2.10 bits per heavy atom. The molecule has 20 heavy (non-hydrogen) atoms. The molecule has 1 heterocycles. The van der Waals surface area contributed by atoms with Crippen LogP contribution in [0.15, 0.2) is 24.3 Å². The van der Waals surface area contributed by atoms with Crippen molar-refractivity contribution in [2.75, 3.05) is 19.6 Å². The summed E-state index contributed by atoms with van der Waals surface area (Å²) >= 11 is 0. The number of hydrogen-bond donors (Lipinski definition) is 1. The van der Waals surface area contributed by atoms with Crippen molar-refractivity contribution in [3.63, 3.8) is 0 Å². The van der Waals surface area contributed by atoms with Gasteiger partial charge in [-0.3, -0.25) is 4.90 Å².